The molecule has 5 nitrogen and oxygen atoms in total. The van der Waals surface area contributed by atoms with E-state index in [1.807, 2.05) is 14.0 Å². The lowest BCUT2D eigenvalue weighted by Crippen LogP contribution is -2.33. The van der Waals surface area contributed by atoms with E-state index in [-0.39, 0.29) is 0 Å². The highest BCUT2D eigenvalue weighted by atomic mass is 16.5. The Balaban J connectivity index is 2.69. The van der Waals surface area contributed by atoms with E-state index >= 15 is 0 Å². The van der Waals surface area contributed by atoms with Gasteiger partial charge in [-0.3, -0.25) is 9.48 Å². The number of aryl methyl sites for hydroxylation is 1. The highest BCUT2D eigenvalue weighted by Gasteiger charge is 2.16. The van der Waals surface area contributed by atoms with E-state index < -0.39 is 12.0 Å². The van der Waals surface area contributed by atoms with Crippen molar-refractivity contribution in [3.63, 3.8) is 0 Å². The van der Waals surface area contributed by atoms with Crippen molar-refractivity contribution in [1.82, 2.24) is 9.78 Å². The summed E-state index contributed by atoms with van der Waals surface area (Å²) < 4.78 is 6.29. The molecule has 1 atom stereocenters. The predicted molar refractivity (Wildman–Crippen MR) is 51.6 cm³/mol. The van der Waals surface area contributed by atoms with Gasteiger partial charge in [-0.2, -0.15) is 5.10 Å². The molecule has 0 amide bonds. The Morgan fingerprint density at radius 2 is 2.43 bits per heavy atom. The van der Waals surface area contributed by atoms with Gasteiger partial charge in [-0.15, -0.1) is 0 Å². The van der Waals surface area contributed by atoms with Crippen LogP contribution < -0.4 is 5.73 Å². The lowest BCUT2D eigenvalue weighted by molar-refractivity contribution is -0.142. The molecule has 14 heavy (non-hydrogen) atoms. The van der Waals surface area contributed by atoms with Crippen molar-refractivity contribution in [3.05, 3.63) is 17.5 Å². The molecule has 0 aliphatic rings. The third kappa shape index (κ3) is 2.11. The van der Waals surface area contributed by atoms with Gasteiger partial charge in [0.05, 0.1) is 13.3 Å². The summed E-state index contributed by atoms with van der Waals surface area (Å²) in [6.07, 6.45) is 2.18. The van der Waals surface area contributed by atoms with Gasteiger partial charge in [-0.05, 0) is 12.5 Å². The summed E-state index contributed by atoms with van der Waals surface area (Å²) in [7, 11) is 3.18. The Kier molecular flexibility index (Phi) is 3.24. The number of aromatic nitrogens is 2. The van der Waals surface area contributed by atoms with Crippen LogP contribution in [0.5, 0.6) is 0 Å². The third-order valence-corrected chi connectivity index (χ3v) is 2.28. The molecule has 0 spiro atoms. The molecule has 0 radical (unpaired) electrons. The minimum absolute atomic E-state index is 0.395. The lowest BCUT2D eigenvalue weighted by Gasteiger charge is -2.08. The Morgan fingerprint density at radius 1 is 1.79 bits per heavy atom. The van der Waals surface area contributed by atoms with Crippen molar-refractivity contribution in [2.75, 3.05) is 7.11 Å². The zero-order chi connectivity index (χ0) is 10.7. The summed E-state index contributed by atoms with van der Waals surface area (Å²) in [4.78, 5) is 11.1. The minimum atomic E-state index is -0.608. The fourth-order valence-electron chi connectivity index (χ4n) is 1.22. The second-order valence-corrected chi connectivity index (χ2v) is 3.21. The van der Waals surface area contributed by atoms with Crippen LogP contribution in [0, 0.1) is 6.92 Å². The minimum Gasteiger partial charge on any atom is -0.468 e. The molecule has 2 N–H and O–H groups in total. The van der Waals surface area contributed by atoms with Gasteiger partial charge < -0.3 is 10.5 Å². The van der Waals surface area contributed by atoms with Crippen molar-refractivity contribution in [3.8, 4) is 0 Å². The fourth-order valence-corrected chi connectivity index (χ4v) is 1.22. The molecular weight excluding hydrogens is 182 g/mol. The number of hydrogen-bond donors (Lipinski definition) is 1. The zero-order valence-electron chi connectivity index (χ0n) is 8.65. The van der Waals surface area contributed by atoms with Gasteiger partial charge in [0.2, 0.25) is 0 Å². The number of esters is 1. The number of rotatable bonds is 3. The maximum atomic E-state index is 11.1. The molecule has 1 aromatic rings. The predicted octanol–water partition coefficient (Wildman–Crippen LogP) is -0.229. The van der Waals surface area contributed by atoms with Crippen LogP contribution in [0.15, 0.2) is 6.20 Å². The summed E-state index contributed by atoms with van der Waals surface area (Å²) in [5.41, 5.74) is 7.62. The number of nitrogens with two attached hydrogens (primary N) is 1. The van der Waals surface area contributed by atoms with Crippen LogP contribution >= 0.6 is 0 Å². The number of carbonyl (C=O) groups excluding carboxylic acids is 1. The summed E-state index contributed by atoms with van der Waals surface area (Å²) in [6, 6.07) is -0.608. The largest absolute Gasteiger partial charge is 0.468 e. The highest BCUT2D eigenvalue weighted by Crippen LogP contribution is 2.08. The van der Waals surface area contributed by atoms with Crippen LogP contribution in [-0.4, -0.2) is 28.9 Å². The van der Waals surface area contributed by atoms with Crippen molar-refractivity contribution >= 4 is 5.97 Å². The number of carbonyl (C=O) groups is 1. The van der Waals surface area contributed by atoms with Crippen molar-refractivity contribution in [1.29, 1.82) is 0 Å². The molecular formula is C9H15N3O2. The maximum Gasteiger partial charge on any atom is 0.322 e. The van der Waals surface area contributed by atoms with E-state index in [1.165, 1.54) is 7.11 Å². The van der Waals surface area contributed by atoms with E-state index in [2.05, 4.69) is 9.84 Å². The number of methoxy groups -OCH3 is 1. The zero-order valence-corrected chi connectivity index (χ0v) is 8.65. The van der Waals surface area contributed by atoms with Gasteiger partial charge in [0.15, 0.2) is 0 Å². The molecule has 1 aromatic heterocycles. The van der Waals surface area contributed by atoms with Crippen molar-refractivity contribution < 1.29 is 9.53 Å². The van der Waals surface area contributed by atoms with E-state index in [9.17, 15) is 4.79 Å². The Morgan fingerprint density at radius 3 is 2.86 bits per heavy atom. The van der Waals surface area contributed by atoms with Gasteiger partial charge in [0.1, 0.15) is 6.04 Å². The maximum absolute atomic E-state index is 11.1. The normalized spacial score (nSPS) is 12.6. The molecule has 0 fully saturated rings. The van der Waals surface area contributed by atoms with Gasteiger partial charge in [0, 0.05) is 19.2 Å². The standard InChI is InChI=1S/C9H15N3O2/c1-6-7(5-11-12(6)2)4-8(10)9(13)14-3/h5,8H,4,10H2,1-3H3. The first kappa shape index (κ1) is 10.7. The first-order valence-corrected chi connectivity index (χ1v) is 4.37. The molecule has 0 bridgehead atoms. The van der Waals surface area contributed by atoms with Gasteiger partial charge >= 0.3 is 5.97 Å². The van der Waals surface area contributed by atoms with Crippen LogP contribution in [0.2, 0.25) is 0 Å². The molecule has 0 saturated heterocycles. The topological polar surface area (TPSA) is 70.1 Å². The van der Waals surface area contributed by atoms with Gasteiger partial charge in [0.25, 0.3) is 0 Å². The van der Waals surface area contributed by atoms with Gasteiger partial charge in [-0.1, -0.05) is 0 Å². The second-order valence-electron chi connectivity index (χ2n) is 3.21. The molecule has 0 aliphatic carbocycles. The Labute approximate surface area is 82.8 Å². The summed E-state index contributed by atoms with van der Waals surface area (Å²) in [5.74, 6) is -0.395. The van der Waals surface area contributed by atoms with E-state index in [1.54, 1.807) is 10.9 Å². The van der Waals surface area contributed by atoms with E-state index in [0.717, 1.165) is 11.3 Å². The van der Waals surface area contributed by atoms with Crippen molar-refractivity contribution in [2.45, 2.75) is 19.4 Å². The average molecular weight is 197 g/mol. The number of hydrogen-bond acceptors (Lipinski definition) is 4. The first-order valence-electron chi connectivity index (χ1n) is 4.37. The van der Waals surface area contributed by atoms with Crippen LogP contribution in [0.1, 0.15) is 11.3 Å². The third-order valence-electron chi connectivity index (χ3n) is 2.28. The van der Waals surface area contributed by atoms with Crippen molar-refractivity contribution in [2.24, 2.45) is 12.8 Å². The SMILES string of the molecule is COC(=O)C(N)Cc1cnn(C)c1C. The first-order chi connectivity index (χ1) is 6.56. The summed E-state index contributed by atoms with van der Waals surface area (Å²) in [5, 5.41) is 4.06. The van der Waals surface area contributed by atoms with Crippen LogP contribution in [0.4, 0.5) is 0 Å². The quantitative estimate of drug-likeness (QED) is 0.679. The molecule has 0 saturated carbocycles. The molecule has 78 valence electrons. The van der Waals surface area contributed by atoms with Crippen LogP contribution in [0.25, 0.3) is 0 Å². The summed E-state index contributed by atoms with van der Waals surface area (Å²) >= 11 is 0. The fraction of sp³-hybridized carbons (Fsp3) is 0.556. The molecule has 1 unspecified atom stereocenters. The number of ether oxygens (including phenoxy) is 1. The van der Waals surface area contributed by atoms with E-state index in [0.29, 0.717) is 6.42 Å². The van der Waals surface area contributed by atoms with Gasteiger partial charge in [-0.25, -0.2) is 0 Å². The van der Waals surface area contributed by atoms with E-state index in [4.69, 9.17) is 5.73 Å². The summed E-state index contributed by atoms with van der Waals surface area (Å²) in [6.45, 7) is 1.94. The smallest absolute Gasteiger partial charge is 0.322 e. The Hall–Kier alpha value is -1.36. The molecule has 0 aromatic carbocycles. The monoisotopic (exact) mass is 197 g/mol. The average Bonchev–Trinajstić information content (AvgIpc) is 2.48. The van der Waals surface area contributed by atoms with Crippen LogP contribution in [-0.2, 0) is 23.0 Å². The molecule has 1 rings (SSSR count). The second kappa shape index (κ2) is 4.23. The number of nitrogens with zero attached hydrogens (tertiary/aromatic N) is 2. The highest BCUT2D eigenvalue weighted by molar-refractivity contribution is 5.75. The molecule has 5 heteroatoms. The lowest BCUT2D eigenvalue weighted by atomic mass is 10.1. The molecule has 1 heterocycles. The van der Waals surface area contributed by atoms with Crippen LogP contribution in [0.3, 0.4) is 0 Å². The Bertz CT molecular complexity index is 333. The molecule has 0 aliphatic heterocycles.